The van der Waals surface area contributed by atoms with Gasteiger partial charge in [-0.2, -0.15) is 11.8 Å². The molecule has 1 aromatic carbocycles. The smallest absolute Gasteiger partial charge is 0.148 e. The van der Waals surface area contributed by atoms with Crippen LogP contribution in [-0.2, 0) is 6.54 Å². The molecule has 0 spiro atoms. The van der Waals surface area contributed by atoms with Gasteiger partial charge in [0.05, 0.1) is 0 Å². The number of thioether (sulfide) groups is 1. The quantitative estimate of drug-likeness (QED) is 0.777. The molecule has 0 aliphatic heterocycles. The summed E-state index contributed by atoms with van der Waals surface area (Å²) in [6.45, 7) is 2.23. The molecule has 1 N–H and O–H groups in total. The standard InChI is InChI=1S/C17H23NOS/c1-3-12-19-16-9-5-4-8-15(16)13-18-14-17(20-2)10-6-7-11-17/h1,4-5,8-9,18H,6-7,10-14H2,2H3. The fourth-order valence-corrected chi connectivity index (χ4v) is 3.75. The molecule has 1 aliphatic carbocycles. The first-order valence-electron chi connectivity index (χ1n) is 7.20. The predicted octanol–water partition coefficient (Wildman–Crippen LogP) is 3.46. The van der Waals surface area contributed by atoms with Crippen molar-refractivity contribution >= 4 is 11.8 Å². The Hall–Kier alpha value is -1.11. The van der Waals surface area contributed by atoms with E-state index < -0.39 is 0 Å². The van der Waals surface area contributed by atoms with Gasteiger partial charge < -0.3 is 10.1 Å². The van der Waals surface area contributed by atoms with E-state index in [0.29, 0.717) is 11.4 Å². The first-order valence-corrected chi connectivity index (χ1v) is 8.42. The number of hydrogen-bond donors (Lipinski definition) is 1. The SMILES string of the molecule is C#CCOc1ccccc1CNCC1(SC)CCCC1. The highest BCUT2D eigenvalue weighted by Gasteiger charge is 2.32. The zero-order valence-electron chi connectivity index (χ0n) is 12.2. The zero-order chi connectivity index (χ0) is 14.3. The zero-order valence-corrected chi connectivity index (χ0v) is 13.0. The monoisotopic (exact) mass is 289 g/mol. The third-order valence-corrected chi connectivity index (χ3v) is 5.41. The Bertz CT molecular complexity index is 460. The van der Waals surface area contributed by atoms with Crippen LogP contribution in [-0.4, -0.2) is 24.2 Å². The van der Waals surface area contributed by atoms with Crippen LogP contribution in [0.15, 0.2) is 24.3 Å². The van der Waals surface area contributed by atoms with Gasteiger partial charge in [0.15, 0.2) is 0 Å². The van der Waals surface area contributed by atoms with Crippen LogP contribution in [0.5, 0.6) is 5.75 Å². The summed E-state index contributed by atoms with van der Waals surface area (Å²) in [5, 5.41) is 3.60. The lowest BCUT2D eigenvalue weighted by Crippen LogP contribution is -2.34. The van der Waals surface area contributed by atoms with Crippen LogP contribution < -0.4 is 10.1 Å². The van der Waals surface area contributed by atoms with Crippen molar-refractivity contribution in [3.63, 3.8) is 0 Å². The van der Waals surface area contributed by atoms with E-state index in [2.05, 4.69) is 23.6 Å². The minimum atomic E-state index is 0.325. The molecule has 0 aromatic heterocycles. The topological polar surface area (TPSA) is 21.3 Å². The number of benzene rings is 1. The third kappa shape index (κ3) is 3.94. The van der Waals surface area contributed by atoms with E-state index in [9.17, 15) is 0 Å². The van der Waals surface area contributed by atoms with Crippen molar-refractivity contribution in [2.75, 3.05) is 19.4 Å². The molecule has 0 saturated heterocycles. The van der Waals surface area contributed by atoms with Crippen LogP contribution in [0, 0.1) is 12.3 Å². The molecule has 0 radical (unpaired) electrons. The molecule has 1 aliphatic rings. The van der Waals surface area contributed by atoms with E-state index in [4.69, 9.17) is 11.2 Å². The molecule has 0 heterocycles. The van der Waals surface area contributed by atoms with Gasteiger partial charge in [-0.05, 0) is 25.2 Å². The minimum absolute atomic E-state index is 0.325. The molecule has 0 atom stereocenters. The van der Waals surface area contributed by atoms with Crippen LogP contribution in [0.2, 0.25) is 0 Å². The normalized spacial score (nSPS) is 16.8. The maximum atomic E-state index is 5.58. The molecule has 1 saturated carbocycles. The minimum Gasteiger partial charge on any atom is -0.481 e. The van der Waals surface area contributed by atoms with Crippen LogP contribution in [0.1, 0.15) is 31.2 Å². The number of hydrogen-bond acceptors (Lipinski definition) is 3. The van der Waals surface area contributed by atoms with Crippen LogP contribution >= 0.6 is 11.8 Å². The Balaban J connectivity index is 1.89. The van der Waals surface area contributed by atoms with Crippen molar-refractivity contribution < 1.29 is 4.74 Å². The highest BCUT2D eigenvalue weighted by molar-refractivity contribution is 8.00. The number of nitrogens with one attached hydrogen (secondary N) is 1. The molecule has 20 heavy (non-hydrogen) atoms. The Labute approximate surface area is 126 Å². The van der Waals surface area contributed by atoms with E-state index in [1.54, 1.807) is 0 Å². The molecule has 0 unspecified atom stereocenters. The lowest BCUT2D eigenvalue weighted by atomic mass is 10.1. The van der Waals surface area contributed by atoms with Crippen LogP contribution in [0.3, 0.4) is 0 Å². The molecule has 0 bridgehead atoms. The lowest BCUT2D eigenvalue weighted by molar-refractivity contribution is 0.364. The molecule has 1 aromatic rings. The first-order chi connectivity index (χ1) is 9.79. The van der Waals surface area contributed by atoms with Gasteiger partial charge in [-0.15, -0.1) is 6.42 Å². The number of para-hydroxylation sites is 1. The molecular formula is C17H23NOS. The molecule has 3 heteroatoms. The summed E-state index contributed by atoms with van der Waals surface area (Å²) in [5.41, 5.74) is 1.18. The fourth-order valence-electron chi connectivity index (χ4n) is 2.81. The molecule has 1 fully saturated rings. The summed E-state index contributed by atoms with van der Waals surface area (Å²) < 4.78 is 6.02. The Kier molecular flexibility index (Phi) is 5.82. The van der Waals surface area contributed by atoms with Crippen molar-refractivity contribution in [3.8, 4) is 18.1 Å². The van der Waals surface area contributed by atoms with Crippen molar-refractivity contribution in [3.05, 3.63) is 29.8 Å². The van der Waals surface area contributed by atoms with Gasteiger partial charge in [0, 0.05) is 23.4 Å². The second-order valence-corrected chi connectivity index (χ2v) is 6.57. The Morgan fingerprint density at radius 3 is 2.80 bits per heavy atom. The van der Waals surface area contributed by atoms with E-state index >= 15 is 0 Å². The number of rotatable bonds is 7. The van der Waals surface area contributed by atoms with Crippen LogP contribution in [0.25, 0.3) is 0 Å². The fraction of sp³-hybridized carbons (Fsp3) is 0.529. The van der Waals surface area contributed by atoms with Gasteiger partial charge in [0.1, 0.15) is 12.4 Å². The summed E-state index contributed by atoms with van der Waals surface area (Å²) in [4.78, 5) is 0. The summed E-state index contributed by atoms with van der Waals surface area (Å²) in [7, 11) is 0. The second kappa shape index (κ2) is 7.61. The number of terminal acetylenes is 1. The molecule has 0 amide bonds. The molecule has 2 rings (SSSR count). The largest absolute Gasteiger partial charge is 0.481 e. The average Bonchev–Trinajstić information content (AvgIpc) is 2.96. The van der Waals surface area contributed by atoms with E-state index in [1.807, 2.05) is 30.0 Å². The summed E-state index contributed by atoms with van der Waals surface area (Å²) in [5.74, 6) is 3.40. The Morgan fingerprint density at radius 2 is 2.10 bits per heavy atom. The molecular weight excluding hydrogens is 266 g/mol. The van der Waals surface area contributed by atoms with E-state index in [0.717, 1.165) is 18.8 Å². The summed E-state index contributed by atoms with van der Waals surface area (Å²) in [6.07, 6.45) is 12.9. The van der Waals surface area contributed by atoms with Gasteiger partial charge in [-0.3, -0.25) is 0 Å². The molecule has 2 nitrogen and oxygen atoms in total. The van der Waals surface area contributed by atoms with Crippen molar-refractivity contribution in [1.29, 1.82) is 0 Å². The summed E-state index contributed by atoms with van der Waals surface area (Å²) in [6, 6.07) is 8.10. The van der Waals surface area contributed by atoms with Gasteiger partial charge >= 0.3 is 0 Å². The third-order valence-electron chi connectivity index (χ3n) is 3.99. The maximum Gasteiger partial charge on any atom is 0.148 e. The van der Waals surface area contributed by atoms with Gasteiger partial charge in [-0.1, -0.05) is 37.0 Å². The lowest BCUT2D eigenvalue weighted by Gasteiger charge is -2.27. The van der Waals surface area contributed by atoms with Crippen molar-refractivity contribution in [2.45, 2.75) is 37.0 Å². The van der Waals surface area contributed by atoms with E-state index in [-0.39, 0.29) is 0 Å². The van der Waals surface area contributed by atoms with Crippen LogP contribution in [0.4, 0.5) is 0 Å². The highest BCUT2D eigenvalue weighted by atomic mass is 32.2. The maximum absolute atomic E-state index is 5.58. The summed E-state index contributed by atoms with van der Waals surface area (Å²) >= 11 is 2.01. The highest BCUT2D eigenvalue weighted by Crippen LogP contribution is 2.39. The van der Waals surface area contributed by atoms with Gasteiger partial charge in [0.25, 0.3) is 0 Å². The van der Waals surface area contributed by atoms with Gasteiger partial charge in [0.2, 0.25) is 0 Å². The van der Waals surface area contributed by atoms with Crippen molar-refractivity contribution in [2.24, 2.45) is 0 Å². The Morgan fingerprint density at radius 1 is 1.35 bits per heavy atom. The predicted molar refractivity (Wildman–Crippen MR) is 87.2 cm³/mol. The average molecular weight is 289 g/mol. The molecule has 108 valence electrons. The van der Waals surface area contributed by atoms with Crippen molar-refractivity contribution in [1.82, 2.24) is 5.32 Å². The van der Waals surface area contributed by atoms with E-state index in [1.165, 1.54) is 31.2 Å². The first kappa shape index (κ1) is 15.3. The number of ether oxygens (including phenoxy) is 1. The van der Waals surface area contributed by atoms with Gasteiger partial charge in [-0.25, -0.2) is 0 Å². The second-order valence-electron chi connectivity index (χ2n) is 5.30.